The number of Topliss-reactive ketones (excluding diaryl/α,β-unsaturated/α-hetero) is 3. The van der Waals surface area contributed by atoms with E-state index < -0.39 is 29.6 Å². The SMILES string of the molecule is CCOC(=O)C(=O)C1CCCC1=O.CCOC(=O)C(=O)OCC.CC[O-].O=C1CCCC1.[Na+]. The zero-order valence-corrected chi connectivity index (χ0v) is 22.4. The van der Waals surface area contributed by atoms with Crippen molar-refractivity contribution in [1.29, 1.82) is 0 Å². The van der Waals surface area contributed by atoms with Gasteiger partial charge in [0.25, 0.3) is 0 Å². The van der Waals surface area contributed by atoms with Crippen LogP contribution in [0.1, 0.15) is 72.6 Å². The van der Waals surface area contributed by atoms with Gasteiger partial charge in [-0.2, -0.15) is 0 Å². The van der Waals surface area contributed by atoms with Crippen molar-refractivity contribution in [3.8, 4) is 0 Å². The Hall–Kier alpha value is -1.62. The topological polar surface area (TPSA) is 153 Å². The van der Waals surface area contributed by atoms with E-state index in [4.69, 9.17) is 5.11 Å². The summed E-state index contributed by atoms with van der Waals surface area (Å²) in [5, 5.41) is 8.93. The average molecular weight is 483 g/mol. The molecule has 0 aromatic rings. The van der Waals surface area contributed by atoms with Gasteiger partial charge in [-0.1, -0.05) is 6.92 Å². The van der Waals surface area contributed by atoms with Crippen molar-refractivity contribution >= 4 is 35.3 Å². The molecule has 0 radical (unpaired) electrons. The molecule has 2 aliphatic rings. The number of hydrogen-bond acceptors (Lipinski definition) is 10. The van der Waals surface area contributed by atoms with E-state index in [1.54, 1.807) is 27.7 Å². The van der Waals surface area contributed by atoms with E-state index in [0.29, 0.717) is 25.0 Å². The molecule has 33 heavy (non-hydrogen) atoms. The first-order chi connectivity index (χ1) is 15.2. The molecule has 1 unspecified atom stereocenters. The summed E-state index contributed by atoms with van der Waals surface area (Å²) in [6.45, 7) is 7.00. The molecule has 2 rings (SSSR count). The van der Waals surface area contributed by atoms with Crippen LogP contribution in [0.4, 0.5) is 0 Å². The van der Waals surface area contributed by atoms with Crippen molar-refractivity contribution in [2.75, 3.05) is 26.4 Å². The maximum Gasteiger partial charge on any atom is 1.00 e. The molecule has 184 valence electrons. The number of ether oxygens (including phenoxy) is 3. The molecule has 0 amide bonds. The van der Waals surface area contributed by atoms with Gasteiger partial charge in [0.15, 0.2) is 0 Å². The Morgan fingerprint density at radius 2 is 1.15 bits per heavy atom. The van der Waals surface area contributed by atoms with Gasteiger partial charge in [-0.3, -0.25) is 14.4 Å². The first-order valence-electron chi connectivity index (χ1n) is 10.9. The Kier molecular flexibility index (Phi) is 25.6. The predicted molar refractivity (Wildman–Crippen MR) is 111 cm³/mol. The largest absolute Gasteiger partial charge is 1.00 e. The standard InChI is InChI=1S/C9H12O4.C6H10O4.C5H8O.C2H5O.Na/c1-2-13-9(12)8(11)6-4-3-5-7(6)10;1-3-9-5(7)6(8)10-4-2;6-5-3-1-2-4-5;1-2-3;/h6H,2-5H2,1H3;3-4H2,1-2H3;1-4H2;2H2,1H3;/q;;;-1;+1. The molecule has 0 aromatic carbocycles. The third-order valence-corrected chi connectivity index (χ3v) is 3.98. The third kappa shape index (κ3) is 18.5. The van der Waals surface area contributed by atoms with E-state index in [9.17, 15) is 28.8 Å². The van der Waals surface area contributed by atoms with Crippen molar-refractivity contribution < 1.29 is 77.6 Å². The number of carbonyl (C=O) groups excluding carboxylic acids is 6. The predicted octanol–water partition coefficient (Wildman–Crippen LogP) is -1.90. The number of esters is 3. The molecule has 0 spiro atoms. The summed E-state index contributed by atoms with van der Waals surface area (Å²) < 4.78 is 13.2. The maximum atomic E-state index is 11.3. The summed E-state index contributed by atoms with van der Waals surface area (Å²) in [5.74, 6) is -3.80. The van der Waals surface area contributed by atoms with Gasteiger partial charge in [0.1, 0.15) is 11.6 Å². The number of rotatable bonds is 5. The van der Waals surface area contributed by atoms with E-state index in [-0.39, 0.29) is 61.8 Å². The Morgan fingerprint density at radius 1 is 0.758 bits per heavy atom. The van der Waals surface area contributed by atoms with Gasteiger partial charge >= 0.3 is 47.5 Å². The van der Waals surface area contributed by atoms with E-state index in [2.05, 4.69) is 14.2 Å². The molecule has 0 aliphatic heterocycles. The second-order valence-corrected chi connectivity index (χ2v) is 6.47. The van der Waals surface area contributed by atoms with Crippen LogP contribution >= 0.6 is 0 Å². The second kappa shape index (κ2) is 23.5. The van der Waals surface area contributed by atoms with Crippen LogP contribution in [0, 0.1) is 5.92 Å². The monoisotopic (exact) mass is 482 g/mol. The Morgan fingerprint density at radius 3 is 1.42 bits per heavy atom. The molecule has 1 atom stereocenters. The molecule has 2 fully saturated rings. The molecular formula is C22H35NaO10. The van der Waals surface area contributed by atoms with Crippen LogP contribution in [-0.2, 0) is 43.0 Å². The Labute approximate surface area is 217 Å². The van der Waals surface area contributed by atoms with Gasteiger partial charge in [0.05, 0.1) is 25.7 Å². The summed E-state index contributed by atoms with van der Waals surface area (Å²) in [6.07, 6.45) is 5.58. The number of carbonyl (C=O) groups is 6. The van der Waals surface area contributed by atoms with Crippen LogP contribution in [0.25, 0.3) is 0 Å². The van der Waals surface area contributed by atoms with Gasteiger partial charge in [0, 0.05) is 19.3 Å². The van der Waals surface area contributed by atoms with E-state index in [1.165, 1.54) is 0 Å². The fourth-order valence-corrected chi connectivity index (χ4v) is 2.59. The Balaban J connectivity index is -0.000000399. The van der Waals surface area contributed by atoms with Gasteiger partial charge in [-0.25, -0.2) is 14.4 Å². The zero-order valence-electron chi connectivity index (χ0n) is 20.4. The van der Waals surface area contributed by atoms with Crippen LogP contribution in [0.3, 0.4) is 0 Å². The normalized spacial score (nSPS) is 15.7. The molecule has 0 heterocycles. The van der Waals surface area contributed by atoms with Crippen LogP contribution in [0.5, 0.6) is 0 Å². The molecule has 0 N–H and O–H groups in total. The summed E-state index contributed by atoms with van der Waals surface area (Å²) in [7, 11) is 0. The molecule has 0 bridgehead atoms. The quantitative estimate of drug-likeness (QED) is 0.143. The van der Waals surface area contributed by atoms with E-state index >= 15 is 0 Å². The van der Waals surface area contributed by atoms with Gasteiger partial charge in [0.2, 0.25) is 5.78 Å². The minimum atomic E-state index is -0.927. The molecule has 2 aliphatic carbocycles. The van der Waals surface area contributed by atoms with Crippen molar-refractivity contribution in [3.05, 3.63) is 0 Å². The van der Waals surface area contributed by atoms with Crippen LogP contribution in [0.2, 0.25) is 0 Å². The first kappa shape index (κ1) is 36.0. The molecule has 11 heteroatoms. The second-order valence-electron chi connectivity index (χ2n) is 6.47. The zero-order chi connectivity index (χ0) is 24.9. The van der Waals surface area contributed by atoms with Gasteiger partial charge in [-0.15, -0.1) is 6.61 Å². The van der Waals surface area contributed by atoms with Crippen LogP contribution < -0.4 is 34.7 Å². The fraction of sp³-hybridized carbons (Fsp3) is 0.727. The summed E-state index contributed by atoms with van der Waals surface area (Å²) in [4.78, 5) is 64.4. The molecule has 2 saturated carbocycles. The summed E-state index contributed by atoms with van der Waals surface area (Å²) in [5.41, 5.74) is 0. The fourth-order valence-electron chi connectivity index (χ4n) is 2.59. The molecule has 0 saturated heterocycles. The van der Waals surface area contributed by atoms with Crippen LogP contribution in [-0.4, -0.2) is 61.7 Å². The molecule has 10 nitrogen and oxygen atoms in total. The van der Waals surface area contributed by atoms with E-state index in [1.807, 2.05) is 0 Å². The molecular weight excluding hydrogens is 447 g/mol. The van der Waals surface area contributed by atoms with Gasteiger partial charge < -0.3 is 19.3 Å². The van der Waals surface area contributed by atoms with Crippen molar-refractivity contribution in [2.45, 2.75) is 72.6 Å². The average Bonchev–Trinajstić information content (AvgIpc) is 3.40. The van der Waals surface area contributed by atoms with Crippen molar-refractivity contribution in [2.24, 2.45) is 5.92 Å². The smallest absolute Gasteiger partial charge is 0.855 e. The minimum absolute atomic E-state index is 0. The number of ketones is 3. The summed E-state index contributed by atoms with van der Waals surface area (Å²) in [6, 6.07) is 0. The Bertz CT molecular complexity index is 594. The van der Waals surface area contributed by atoms with Crippen LogP contribution in [0.15, 0.2) is 0 Å². The number of hydrogen-bond donors (Lipinski definition) is 0. The first-order valence-corrected chi connectivity index (χ1v) is 10.9. The van der Waals surface area contributed by atoms with Crippen molar-refractivity contribution in [3.63, 3.8) is 0 Å². The summed E-state index contributed by atoms with van der Waals surface area (Å²) >= 11 is 0. The van der Waals surface area contributed by atoms with Gasteiger partial charge in [-0.05, 0) is 46.5 Å². The van der Waals surface area contributed by atoms with E-state index in [0.717, 1.165) is 25.7 Å². The maximum absolute atomic E-state index is 11.3. The minimum Gasteiger partial charge on any atom is -0.855 e. The molecule has 0 aromatic heterocycles. The van der Waals surface area contributed by atoms with Crippen molar-refractivity contribution in [1.82, 2.24) is 0 Å². The third-order valence-electron chi connectivity index (χ3n) is 3.98.